The number of hydrogen-bond donors (Lipinski definition) is 3. The van der Waals surface area contributed by atoms with Crippen LogP contribution in [0.4, 0.5) is 0 Å². The van der Waals surface area contributed by atoms with Crippen LogP contribution in [-0.2, 0) is 43.0 Å². The van der Waals surface area contributed by atoms with Gasteiger partial charge in [-0.15, -0.1) is 0 Å². The van der Waals surface area contributed by atoms with Crippen LogP contribution in [0.15, 0.2) is 42.5 Å². The van der Waals surface area contributed by atoms with Crippen LogP contribution in [0.3, 0.4) is 0 Å². The molecule has 0 saturated carbocycles. The van der Waals surface area contributed by atoms with E-state index in [1.165, 1.54) is 36.2 Å². The Balaban J connectivity index is 1.68. The molecule has 7 amide bonds. The Kier molecular flexibility index (Phi) is 20.6. The molecule has 0 spiro atoms. The van der Waals surface area contributed by atoms with Crippen molar-refractivity contribution in [2.45, 2.75) is 155 Å². The van der Waals surface area contributed by atoms with Gasteiger partial charge < -0.3 is 39.9 Å². The molecule has 2 aliphatic rings. The van der Waals surface area contributed by atoms with Crippen LogP contribution in [0.1, 0.15) is 118 Å². The lowest BCUT2D eigenvalue weighted by Gasteiger charge is -2.41. The van der Waals surface area contributed by atoms with Gasteiger partial charge in [-0.3, -0.25) is 38.5 Å². The van der Waals surface area contributed by atoms with Gasteiger partial charge in [0.2, 0.25) is 29.5 Å². The van der Waals surface area contributed by atoms with E-state index < -0.39 is 59.8 Å². The maximum atomic E-state index is 14.5. The molecule has 16 nitrogen and oxygen atoms in total. The summed E-state index contributed by atoms with van der Waals surface area (Å²) in [4.78, 5) is 99.1. The summed E-state index contributed by atoms with van der Waals surface area (Å²) in [5, 5.41) is 16.8. The maximum absolute atomic E-state index is 14.5. The molecule has 3 N–H and O–H groups in total. The highest BCUT2D eigenvalue weighted by Gasteiger charge is 2.44. The molecule has 16 heteroatoms. The van der Waals surface area contributed by atoms with Crippen molar-refractivity contribution in [3.63, 3.8) is 0 Å². The number of likely N-dealkylation sites (tertiary alicyclic amines) is 1. The molecule has 1 saturated heterocycles. The van der Waals surface area contributed by atoms with Crippen molar-refractivity contribution in [3.05, 3.63) is 48.0 Å². The summed E-state index contributed by atoms with van der Waals surface area (Å²) in [5.41, 5.74) is -0.625. The number of rotatable bonds is 25. The lowest BCUT2D eigenvalue weighted by Crippen LogP contribution is -2.62. The molecule has 3 rings (SSSR count). The lowest BCUT2D eigenvalue weighted by molar-refractivity contribution is -0.149. The van der Waals surface area contributed by atoms with Gasteiger partial charge in [-0.1, -0.05) is 77.8 Å². The molecular weight excluding hydrogens is 821 g/mol. The van der Waals surface area contributed by atoms with Crippen LogP contribution in [0, 0.1) is 17.8 Å². The van der Waals surface area contributed by atoms with Crippen molar-refractivity contribution in [2.75, 3.05) is 41.4 Å². The van der Waals surface area contributed by atoms with E-state index in [0.29, 0.717) is 44.2 Å². The number of nitrogens with zero attached hydrogens (tertiary/aromatic N) is 4. The van der Waals surface area contributed by atoms with Gasteiger partial charge in [0.1, 0.15) is 11.6 Å². The third kappa shape index (κ3) is 13.4. The SMILES string of the molecule is CCC(C)C(C(CC(=O)N1CCC[C@H]1C(OC)C(C)C(=O)NC(C)C(O)c1ccccc1)OC)N(C)C(=O)C(NC(=O)C(C)(C)N(C)C(=O)CCCCCN1C(=O)C=CC1=O)C(C)C. The normalized spacial score (nSPS) is 19.1. The highest BCUT2D eigenvalue weighted by molar-refractivity contribution is 6.12. The summed E-state index contributed by atoms with van der Waals surface area (Å²) in [5.74, 6) is -3.38. The molecule has 0 aromatic heterocycles. The average molecular weight is 897 g/mol. The highest BCUT2D eigenvalue weighted by atomic mass is 16.5. The predicted molar refractivity (Wildman–Crippen MR) is 243 cm³/mol. The first-order valence-electron chi connectivity index (χ1n) is 22.9. The van der Waals surface area contributed by atoms with E-state index in [0.717, 1.165) is 6.42 Å². The topological polar surface area (TPSA) is 195 Å². The van der Waals surface area contributed by atoms with E-state index in [9.17, 15) is 38.7 Å². The molecule has 1 aromatic carbocycles. The molecule has 0 aliphatic carbocycles. The molecule has 2 aliphatic heterocycles. The number of unbranched alkanes of at least 4 members (excludes halogenated alkanes) is 2. The number of amides is 7. The molecule has 1 fully saturated rings. The molecule has 64 heavy (non-hydrogen) atoms. The second-order valence-corrected chi connectivity index (χ2v) is 18.4. The zero-order chi connectivity index (χ0) is 48.1. The van der Waals surface area contributed by atoms with Crippen LogP contribution in [0.5, 0.6) is 0 Å². The highest BCUT2D eigenvalue weighted by Crippen LogP contribution is 2.30. The first-order valence-corrected chi connectivity index (χ1v) is 22.9. The third-order valence-electron chi connectivity index (χ3n) is 13.4. The minimum Gasteiger partial charge on any atom is -0.386 e. The zero-order valence-electron chi connectivity index (χ0n) is 40.3. The number of ether oxygens (including phenoxy) is 2. The lowest BCUT2D eigenvalue weighted by atomic mass is 9.89. The minimum atomic E-state index is -1.31. The van der Waals surface area contributed by atoms with E-state index in [4.69, 9.17) is 9.47 Å². The number of nitrogens with one attached hydrogen (secondary N) is 2. The molecule has 0 radical (unpaired) electrons. The molecular formula is C48H76N6O10. The summed E-state index contributed by atoms with van der Waals surface area (Å²) in [6.45, 7) is 15.2. The van der Waals surface area contributed by atoms with Crippen LogP contribution in [-0.4, -0.2) is 149 Å². The second kappa shape index (κ2) is 24.6. The number of carbonyl (C=O) groups excluding carboxylic acids is 7. The van der Waals surface area contributed by atoms with Gasteiger partial charge in [0.15, 0.2) is 0 Å². The maximum Gasteiger partial charge on any atom is 0.253 e. The van der Waals surface area contributed by atoms with Crippen LogP contribution in [0.25, 0.3) is 0 Å². The number of imide groups is 1. The van der Waals surface area contributed by atoms with Crippen molar-refractivity contribution in [3.8, 4) is 0 Å². The van der Waals surface area contributed by atoms with Gasteiger partial charge in [-0.05, 0) is 63.9 Å². The molecule has 9 atom stereocenters. The fraction of sp³-hybridized carbons (Fsp3) is 0.688. The predicted octanol–water partition coefficient (Wildman–Crippen LogP) is 4.01. The standard InChI is InChI=1S/C48H76N6O10/c1-13-31(4)42(36(63-11)29-40(58)53-28-20-23-35(53)44(64-12)32(5)45(60)49-33(6)43(59)34-21-16-14-17-22-34)51(9)46(61)41(30(2)3)50-47(62)48(7,8)52(10)37(55)24-18-15-19-27-54-38(56)25-26-39(54)57/h14,16-17,21-22,25-26,30-33,35-36,41-44,59H,13,15,18-20,23-24,27-29H2,1-12H3,(H,49,60)(H,50,62)/t31?,32?,33?,35-,36?,41?,42?,43?,44?/m0/s1. The first kappa shape index (κ1) is 53.7. The summed E-state index contributed by atoms with van der Waals surface area (Å²) in [6, 6.07) is 6.64. The minimum absolute atomic E-state index is 0.0404. The van der Waals surface area contributed by atoms with E-state index in [1.54, 1.807) is 63.7 Å². The third-order valence-corrected chi connectivity index (χ3v) is 13.4. The van der Waals surface area contributed by atoms with Crippen LogP contribution >= 0.6 is 0 Å². The smallest absolute Gasteiger partial charge is 0.253 e. The number of aliphatic hydroxyl groups is 1. The second-order valence-electron chi connectivity index (χ2n) is 18.4. The Labute approximate surface area is 380 Å². The fourth-order valence-electron chi connectivity index (χ4n) is 8.74. The monoisotopic (exact) mass is 897 g/mol. The van der Waals surface area contributed by atoms with E-state index in [2.05, 4.69) is 10.6 Å². The van der Waals surface area contributed by atoms with Crippen LogP contribution < -0.4 is 10.6 Å². The summed E-state index contributed by atoms with van der Waals surface area (Å²) in [7, 11) is 6.27. The number of benzene rings is 1. The van der Waals surface area contributed by atoms with E-state index in [-0.39, 0.29) is 66.7 Å². The van der Waals surface area contributed by atoms with Gasteiger partial charge in [0, 0.05) is 60.0 Å². The van der Waals surface area contributed by atoms with Gasteiger partial charge >= 0.3 is 0 Å². The van der Waals surface area contributed by atoms with Gasteiger partial charge in [0.25, 0.3) is 11.8 Å². The molecule has 0 bridgehead atoms. The van der Waals surface area contributed by atoms with Crippen molar-refractivity contribution >= 4 is 41.4 Å². The number of likely N-dealkylation sites (N-methyl/N-ethyl adjacent to an activating group) is 2. The van der Waals surface area contributed by atoms with Crippen molar-refractivity contribution in [1.29, 1.82) is 0 Å². The molecule has 8 unspecified atom stereocenters. The van der Waals surface area contributed by atoms with Crippen molar-refractivity contribution < 1.29 is 48.1 Å². The fourth-order valence-corrected chi connectivity index (χ4v) is 8.74. The number of methoxy groups -OCH3 is 2. The Morgan fingerprint density at radius 2 is 1.53 bits per heavy atom. The van der Waals surface area contributed by atoms with Crippen LogP contribution in [0.2, 0.25) is 0 Å². The molecule has 2 heterocycles. The molecule has 358 valence electrons. The number of carbonyl (C=O) groups is 7. The Bertz CT molecular complexity index is 1770. The van der Waals surface area contributed by atoms with Crippen molar-refractivity contribution in [1.82, 2.24) is 30.2 Å². The quantitative estimate of drug-likeness (QED) is 0.0954. The average Bonchev–Trinajstić information content (AvgIpc) is 3.89. The van der Waals surface area contributed by atoms with Crippen molar-refractivity contribution in [2.24, 2.45) is 17.8 Å². The Morgan fingerprint density at radius 3 is 2.09 bits per heavy atom. The zero-order valence-corrected chi connectivity index (χ0v) is 40.3. The van der Waals surface area contributed by atoms with E-state index in [1.807, 2.05) is 45.9 Å². The molecule has 1 aromatic rings. The summed E-state index contributed by atoms with van der Waals surface area (Å²) in [6.07, 6.45) is 4.04. The largest absolute Gasteiger partial charge is 0.386 e. The van der Waals surface area contributed by atoms with E-state index >= 15 is 0 Å². The van der Waals surface area contributed by atoms with Gasteiger partial charge in [-0.2, -0.15) is 0 Å². The number of hydrogen-bond acceptors (Lipinski definition) is 10. The van der Waals surface area contributed by atoms with Gasteiger partial charge in [-0.25, -0.2) is 0 Å². The summed E-state index contributed by atoms with van der Waals surface area (Å²) >= 11 is 0. The first-order chi connectivity index (χ1) is 30.1. The number of aliphatic hydroxyl groups excluding tert-OH is 1. The Hall–Kier alpha value is -4.67. The Morgan fingerprint density at radius 1 is 0.906 bits per heavy atom. The van der Waals surface area contributed by atoms with Gasteiger partial charge in [0.05, 0.1) is 48.8 Å². The summed E-state index contributed by atoms with van der Waals surface area (Å²) < 4.78 is 12.0.